The van der Waals surface area contributed by atoms with Gasteiger partial charge in [-0.1, -0.05) is 129 Å². The molecule has 0 unspecified atom stereocenters. The summed E-state index contributed by atoms with van der Waals surface area (Å²) >= 11 is 5.29. The standard InChI is InChI=1S/C27H47N3S/c1-4-5-6-7-8-9-10-11-12-13-14-15-16-17-22-28-27(31)30-29-23-25-18-20-26(21-19-25)24(2)3/h18-21,23-24H,4-17,22H2,1-3H3,(H2,28,30,31)/b29-23-. The van der Waals surface area contributed by atoms with Crippen LogP contribution < -0.4 is 10.7 Å². The average Bonchev–Trinajstić information content (AvgIpc) is 2.76. The van der Waals surface area contributed by atoms with Gasteiger partial charge in [0.2, 0.25) is 0 Å². The number of hydrazone groups is 1. The third-order valence-electron chi connectivity index (χ3n) is 5.80. The van der Waals surface area contributed by atoms with Crippen molar-refractivity contribution < 1.29 is 0 Å². The van der Waals surface area contributed by atoms with Gasteiger partial charge in [-0.2, -0.15) is 5.10 Å². The molecule has 0 saturated carbocycles. The second-order valence-corrected chi connectivity index (χ2v) is 9.45. The Morgan fingerprint density at radius 1 is 0.806 bits per heavy atom. The van der Waals surface area contributed by atoms with Crippen LogP contribution in [-0.4, -0.2) is 17.9 Å². The van der Waals surface area contributed by atoms with Crippen LogP contribution in [0.15, 0.2) is 29.4 Å². The fraction of sp³-hybridized carbons (Fsp3) is 0.704. The molecule has 0 aliphatic heterocycles. The Hall–Kier alpha value is -1.42. The van der Waals surface area contributed by atoms with Crippen LogP contribution in [0.2, 0.25) is 0 Å². The first-order chi connectivity index (χ1) is 15.1. The Bertz CT molecular complexity index is 581. The first-order valence-electron chi connectivity index (χ1n) is 12.8. The van der Waals surface area contributed by atoms with Crippen molar-refractivity contribution in [2.24, 2.45) is 5.10 Å². The van der Waals surface area contributed by atoms with Crippen molar-refractivity contribution in [1.82, 2.24) is 10.7 Å². The number of unbranched alkanes of at least 4 members (excludes halogenated alkanes) is 13. The molecule has 0 bridgehead atoms. The predicted molar refractivity (Wildman–Crippen MR) is 142 cm³/mol. The number of thiocarbonyl (C=S) groups is 1. The van der Waals surface area contributed by atoms with Crippen LogP contribution >= 0.6 is 12.2 Å². The maximum Gasteiger partial charge on any atom is 0.186 e. The van der Waals surface area contributed by atoms with Gasteiger partial charge in [0.15, 0.2) is 5.11 Å². The van der Waals surface area contributed by atoms with Crippen molar-refractivity contribution >= 4 is 23.5 Å². The maximum absolute atomic E-state index is 5.29. The predicted octanol–water partition coefficient (Wildman–Crippen LogP) is 8.09. The van der Waals surface area contributed by atoms with Crippen molar-refractivity contribution in [2.75, 3.05) is 6.54 Å². The molecule has 0 aliphatic carbocycles. The van der Waals surface area contributed by atoms with Crippen LogP contribution in [-0.2, 0) is 0 Å². The second kappa shape index (κ2) is 19.3. The van der Waals surface area contributed by atoms with Gasteiger partial charge in [0.25, 0.3) is 0 Å². The van der Waals surface area contributed by atoms with Gasteiger partial charge in [-0.25, -0.2) is 0 Å². The van der Waals surface area contributed by atoms with E-state index in [0.29, 0.717) is 11.0 Å². The molecule has 1 aromatic rings. The van der Waals surface area contributed by atoms with E-state index in [1.807, 2.05) is 6.21 Å². The largest absolute Gasteiger partial charge is 0.361 e. The van der Waals surface area contributed by atoms with Crippen LogP contribution in [0.4, 0.5) is 0 Å². The van der Waals surface area contributed by atoms with Crippen molar-refractivity contribution in [1.29, 1.82) is 0 Å². The zero-order valence-electron chi connectivity index (χ0n) is 20.4. The van der Waals surface area contributed by atoms with Crippen LogP contribution in [0.1, 0.15) is 128 Å². The average molecular weight is 446 g/mol. The van der Waals surface area contributed by atoms with E-state index in [1.165, 1.54) is 95.5 Å². The molecular formula is C27H47N3S. The van der Waals surface area contributed by atoms with Gasteiger partial charge in [0.1, 0.15) is 0 Å². The summed E-state index contributed by atoms with van der Waals surface area (Å²) in [5.41, 5.74) is 5.33. The van der Waals surface area contributed by atoms with E-state index >= 15 is 0 Å². The van der Waals surface area contributed by atoms with Gasteiger partial charge in [0, 0.05) is 6.54 Å². The molecular weight excluding hydrogens is 398 g/mol. The molecule has 4 heteroatoms. The summed E-state index contributed by atoms with van der Waals surface area (Å²) in [6.45, 7) is 7.61. The molecule has 0 amide bonds. The maximum atomic E-state index is 5.29. The lowest BCUT2D eigenvalue weighted by Crippen LogP contribution is -2.32. The molecule has 0 heterocycles. The number of nitrogens with one attached hydrogen (secondary N) is 2. The zero-order valence-corrected chi connectivity index (χ0v) is 21.2. The molecule has 0 saturated heterocycles. The summed E-state index contributed by atoms with van der Waals surface area (Å²) < 4.78 is 0. The molecule has 0 aromatic heterocycles. The summed E-state index contributed by atoms with van der Waals surface area (Å²) in [5.74, 6) is 0.552. The molecule has 3 nitrogen and oxygen atoms in total. The first kappa shape index (κ1) is 27.6. The summed E-state index contributed by atoms with van der Waals surface area (Å²) in [7, 11) is 0. The molecule has 0 aliphatic rings. The van der Waals surface area contributed by atoms with Crippen molar-refractivity contribution in [3.05, 3.63) is 35.4 Å². The lowest BCUT2D eigenvalue weighted by molar-refractivity contribution is 0.535. The highest BCUT2D eigenvalue weighted by Crippen LogP contribution is 2.14. The zero-order chi connectivity index (χ0) is 22.6. The molecule has 176 valence electrons. The van der Waals surface area contributed by atoms with Crippen LogP contribution in [0.25, 0.3) is 0 Å². The van der Waals surface area contributed by atoms with E-state index in [9.17, 15) is 0 Å². The quantitative estimate of drug-likeness (QED) is 0.104. The molecule has 0 spiro atoms. The lowest BCUT2D eigenvalue weighted by atomic mass is 10.0. The molecule has 0 fully saturated rings. The second-order valence-electron chi connectivity index (χ2n) is 9.04. The Labute approximate surface area is 197 Å². The first-order valence-corrected chi connectivity index (χ1v) is 13.2. The van der Waals surface area contributed by atoms with Gasteiger partial charge in [-0.05, 0) is 35.7 Å². The highest BCUT2D eigenvalue weighted by molar-refractivity contribution is 7.80. The van der Waals surface area contributed by atoms with Gasteiger partial charge >= 0.3 is 0 Å². The molecule has 1 aromatic carbocycles. The van der Waals surface area contributed by atoms with Gasteiger partial charge in [-0.3, -0.25) is 5.43 Å². The molecule has 31 heavy (non-hydrogen) atoms. The molecule has 0 radical (unpaired) electrons. The Morgan fingerprint density at radius 2 is 1.29 bits per heavy atom. The fourth-order valence-electron chi connectivity index (χ4n) is 3.69. The third kappa shape index (κ3) is 15.9. The number of benzene rings is 1. The van der Waals surface area contributed by atoms with Crippen molar-refractivity contribution in [2.45, 2.75) is 117 Å². The highest BCUT2D eigenvalue weighted by atomic mass is 32.1. The minimum absolute atomic E-state index is 0.552. The summed E-state index contributed by atoms with van der Waals surface area (Å²) in [6, 6.07) is 8.48. The topological polar surface area (TPSA) is 36.4 Å². The molecule has 1 rings (SSSR count). The third-order valence-corrected chi connectivity index (χ3v) is 6.03. The Kier molecular flexibility index (Phi) is 17.2. The monoisotopic (exact) mass is 445 g/mol. The van der Waals surface area contributed by atoms with Crippen LogP contribution in [0.5, 0.6) is 0 Å². The van der Waals surface area contributed by atoms with Crippen molar-refractivity contribution in [3.8, 4) is 0 Å². The van der Waals surface area contributed by atoms with Gasteiger partial charge in [-0.15, -0.1) is 0 Å². The Morgan fingerprint density at radius 3 is 1.77 bits per heavy atom. The number of hydrogen-bond donors (Lipinski definition) is 2. The normalized spacial score (nSPS) is 11.4. The van der Waals surface area contributed by atoms with E-state index in [-0.39, 0.29) is 0 Å². The minimum Gasteiger partial charge on any atom is -0.361 e. The molecule has 0 atom stereocenters. The van der Waals surface area contributed by atoms with Crippen molar-refractivity contribution in [3.63, 3.8) is 0 Å². The van der Waals surface area contributed by atoms with Crippen LogP contribution in [0.3, 0.4) is 0 Å². The van der Waals surface area contributed by atoms with Gasteiger partial charge in [0.05, 0.1) is 6.21 Å². The lowest BCUT2D eigenvalue weighted by Gasteiger charge is -2.07. The van der Waals surface area contributed by atoms with Crippen LogP contribution in [0, 0.1) is 0 Å². The molecule has 2 N–H and O–H groups in total. The summed E-state index contributed by atoms with van der Waals surface area (Å²) in [6.07, 6.45) is 21.2. The van der Waals surface area contributed by atoms with E-state index in [1.54, 1.807) is 0 Å². The number of hydrogen-bond acceptors (Lipinski definition) is 2. The number of rotatable bonds is 18. The van der Waals surface area contributed by atoms with Gasteiger partial charge < -0.3 is 5.32 Å². The smallest absolute Gasteiger partial charge is 0.186 e. The van der Waals surface area contributed by atoms with E-state index in [0.717, 1.165) is 12.1 Å². The van der Waals surface area contributed by atoms with E-state index < -0.39 is 0 Å². The minimum atomic E-state index is 0.552. The highest BCUT2D eigenvalue weighted by Gasteiger charge is 1.98. The fourth-order valence-corrected chi connectivity index (χ4v) is 3.85. The summed E-state index contributed by atoms with van der Waals surface area (Å²) in [5, 5.41) is 8.07. The summed E-state index contributed by atoms with van der Waals surface area (Å²) in [4.78, 5) is 0. The Balaban J connectivity index is 1.89. The number of nitrogens with zero attached hydrogens (tertiary/aromatic N) is 1. The van der Waals surface area contributed by atoms with E-state index in [2.05, 4.69) is 60.9 Å². The SMILES string of the molecule is CCCCCCCCCCCCCCCCNC(=S)N/N=C\c1ccc(C(C)C)cc1. The van der Waals surface area contributed by atoms with E-state index in [4.69, 9.17) is 12.2 Å².